The number of hydrogen-bond acceptors (Lipinski definition) is 8. The molecular weight excluding hydrogens is 728 g/mol. The monoisotopic (exact) mass is 774 g/mol. The lowest BCUT2D eigenvalue weighted by Gasteiger charge is -2.30. The fourth-order valence-corrected chi connectivity index (χ4v) is 9.10. The van der Waals surface area contributed by atoms with Gasteiger partial charge in [-0.2, -0.15) is 4.39 Å². The predicted octanol–water partition coefficient (Wildman–Crippen LogP) is 6.54. The molecule has 1 saturated heterocycles. The number of methoxy groups -OCH3 is 2. The Morgan fingerprint density at radius 1 is 0.860 bits per heavy atom. The van der Waals surface area contributed by atoms with Crippen LogP contribution < -0.4 is 10.6 Å². The first-order valence-electron chi connectivity index (χ1n) is 19.6. The topological polar surface area (TPSA) is 167 Å². The predicted molar refractivity (Wildman–Crippen MR) is 210 cm³/mol. The molecule has 7 atom stereocenters. The number of hydrogen-bond donors (Lipinski definition) is 4. The number of pyridine rings is 1. The van der Waals surface area contributed by atoms with E-state index in [4.69, 9.17) is 14.5 Å². The second-order valence-electron chi connectivity index (χ2n) is 15.3. The minimum Gasteiger partial charge on any atom is -0.453 e. The molecule has 3 amide bonds. The maximum Gasteiger partial charge on any atom is 0.407 e. The van der Waals surface area contributed by atoms with Crippen molar-refractivity contribution in [2.45, 2.75) is 69.7 Å². The van der Waals surface area contributed by atoms with E-state index in [1.165, 1.54) is 20.4 Å². The molecule has 5 aromatic rings. The fraction of sp³-hybridized carbons (Fsp3) is 0.395. The first-order valence-corrected chi connectivity index (χ1v) is 19.6. The number of amides is 3. The highest BCUT2D eigenvalue weighted by atomic mass is 19.1. The van der Waals surface area contributed by atoms with Crippen LogP contribution in [0.4, 0.5) is 9.18 Å². The Morgan fingerprint density at radius 2 is 1.49 bits per heavy atom. The lowest BCUT2D eigenvalue weighted by atomic mass is 9.78. The number of rotatable bonds is 12. The molecule has 57 heavy (non-hydrogen) atoms. The van der Waals surface area contributed by atoms with Crippen molar-refractivity contribution in [2.75, 3.05) is 20.8 Å². The molecule has 3 unspecified atom stereocenters. The molecule has 3 aromatic heterocycles. The minimum absolute atomic E-state index is 0.00742. The van der Waals surface area contributed by atoms with Gasteiger partial charge in [0.1, 0.15) is 17.7 Å². The normalized spacial score (nSPS) is 22.3. The smallest absolute Gasteiger partial charge is 0.407 e. The summed E-state index contributed by atoms with van der Waals surface area (Å²) >= 11 is 0. The second kappa shape index (κ2) is 16.3. The molecule has 3 aliphatic rings. The Hall–Kier alpha value is -5.89. The van der Waals surface area contributed by atoms with Gasteiger partial charge in [-0.25, -0.2) is 19.7 Å². The van der Waals surface area contributed by atoms with Crippen LogP contribution >= 0.6 is 0 Å². The number of carbonyl (C=O) groups excluding carboxylic acids is 3. The maximum atomic E-state index is 14.1. The minimum atomic E-state index is -0.894. The highest BCUT2D eigenvalue weighted by Crippen LogP contribution is 2.56. The van der Waals surface area contributed by atoms with E-state index in [0.29, 0.717) is 29.8 Å². The third-order valence-electron chi connectivity index (χ3n) is 12.2. The average molecular weight is 775 g/mol. The van der Waals surface area contributed by atoms with Gasteiger partial charge in [0.15, 0.2) is 0 Å². The average Bonchev–Trinajstić information content (AvgIpc) is 4.10. The van der Waals surface area contributed by atoms with Crippen molar-refractivity contribution in [3.63, 3.8) is 0 Å². The number of carbonyl (C=O) groups is 3. The molecule has 4 heterocycles. The zero-order valence-corrected chi connectivity index (χ0v) is 32.2. The van der Waals surface area contributed by atoms with E-state index in [1.807, 2.05) is 18.3 Å². The van der Waals surface area contributed by atoms with Crippen molar-refractivity contribution >= 4 is 17.9 Å². The summed E-state index contributed by atoms with van der Waals surface area (Å²) in [4.78, 5) is 61.0. The number of imidazole rings is 2. The zero-order valence-electron chi connectivity index (χ0n) is 32.2. The molecule has 296 valence electrons. The summed E-state index contributed by atoms with van der Waals surface area (Å²) in [5.74, 6) is 1.13. The van der Waals surface area contributed by atoms with E-state index < -0.39 is 24.2 Å². The standard InChI is InChI=1S/C43H47FN8O5/c1-24(56-2)37(51-43(55)57-3)42(54)52-19-5-7-34(52)39-46-22-32(49-39)27-12-8-25(9-13-27)26-10-14-28(15-11-26)33-23-47-40(50-33)35-29-16-17-30(20-29)36(35)41(53)48-21-31-6-4-18-45-38(31)44/h4,6,8-15,18,22-24,29-30,34-37H,5,7,16-17,19-21H2,1-3H3,(H,46,49)(H,47,50)(H,48,53)(H,51,55)/t24-,29?,30?,34+,35?,36+,37+/m1/s1. The number of nitrogens with one attached hydrogen (secondary N) is 4. The van der Waals surface area contributed by atoms with E-state index in [9.17, 15) is 18.8 Å². The number of aromatic amines is 2. The van der Waals surface area contributed by atoms with Gasteiger partial charge in [0.05, 0.1) is 49.0 Å². The first kappa shape index (κ1) is 38.0. The van der Waals surface area contributed by atoms with Crippen molar-refractivity contribution in [3.05, 3.63) is 102 Å². The maximum absolute atomic E-state index is 14.1. The summed E-state index contributed by atoms with van der Waals surface area (Å²) in [5.41, 5.74) is 6.19. The number of benzene rings is 2. The lowest BCUT2D eigenvalue weighted by molar-refractivity contribution is -0.137. The van der Waals surface area contributed by atoms with Crippen molar-refractivity contribution in [1.82, 2.24) is 40.5 Å². The van der Waals surface area contributed by atoms with E-state index >= 15 is 0 Å². The highest BCUT2D eigenvalue weighted by Gasteiger charge is 2.52. The second-order valence-corrected chi connectivity index (χ2v) is 15.3. The molecule has 1 aliphatic heterocycles. The number of alkyl carbamates (subject to hydrolysis) is 1. The van der Waals surface area contributed by atoms with Crippen LogP contribution in [0.1, 0.15) is 68.2 Å². The van der Waals surface area contributed by atoms with Gasteiger partial charge in [-0.3, -0.25) is 9.59 Å². The highest BCUT2D eigenvalue weighted by molar-refractivity contribution is 5.87. The van der Waals surface area contributed by atoms with E-state index in [-0.39, 0.29) is 36.2 Å². The molecule has 2 bridgehead atoms. The Labute approximate surface area is 330 Å². The van der Waals surface area contributed by atoms with E-state index in [0.717, 1.165) is 71.6 Å². The largest absolute Gasteiger partial charge is 0.453 e. The molecule has 4 N–H and O–H groups in total. The van der Waals surface area contributed by atoms with Crippen molar-refractivity contribution in [2.24, 2.45) is 17.8 Å². The van der Waals surface area contributed by atoms with Crippen molar-refractivity contribution in [3.8, 4) is 33.6 Å². The third-order valence-corrected chi connectivity index (χ3v) is 12.2. The summed E-state index contributed by atoms with van der Waals surface area (Å²) < 4.78 is 24.3. The van der Waals surface area contributed by atoms with Gasteiger partial charge < -0.3 is 35.0 Å². The number of fused-ring (bicyclic) bond motifs is 2. The molecule has 2 aromatic carbocycles. The number of H-pyrrole nitrogens is 2. The number of aromatic nitrogens is 5. The van der Waals surface area contributed by atoms with Crippen LogP contribution in [0.3, 0.4) is 0 Å². The fourth-order valence-electron chi connectivity index (χ4n) is 9.10. The van der Waals surface area contributed by atoms with Gasteiger partial charge in [-0.15, -0.1) is 0 Å². The number of likely N-dealkylation sites (tertiary alicyclic amines) is 1. The summed E-state index contributed by atoms with van der Waals surface area (Å²) in [7, 11) is 2.76. The van der Waals surface area contributed by atoms with E-state index in [1.54, 1.807) is 30.2 Å². The van der Waals surface area contributed by atoms with Crippen LogP contribution in [-0.4, -0.2) is 80.6 Å². The van der Waals surface area contributed by atoms with Crippen LogP contribution in [0.2, 0.25) is 0 Å². The summed E-state index contributed by atoms with van der Waals surface area (Å²) in [6.45, 7) is 2.39. The first-order chi connectivity index (χ1) is 27.7. The van der Waals surface area contributed by atoms with Crippen LogP contribution in [0, 0.1) is 23.7 Å². The Morgan fingerprint density at radius 3 is 2.14 bits per heavy atom. The molecule has 0 spiro atoms. The molecule has 2 aliphatic carbocycles. The van der Waals surface area contributed by atoms with Crippen LogP contribution in [0.25, 0.3) is 33.6 Å². The number of halogens is 1. The zero-order chi connectivity index (χ0) is 39.6. The van der Waals surface area contributed by atoms with Gasteiger partial charge in [0, 0.05) is 37.9 Å². The number of ether oxygens (including phenoxy) is 2. The third kappa shape index (κ3) is 7.65. The van der Waals surface area contributed by atoms with Gasteiger partial charge in [-0.1, -0.05) is 54.6 Å². The molecule has 8 rings (SSSR count). The quantitative estimate of drug-likeness (QED) is 0.104. The molecule has 3 fully saturated rings. The van der Waals surface area contributed by atoms with Gasteiger partial charge in [-0.05, 0) is 79.2 Å². The SMILES string of the molecule is COC(=O)N[C@H](C(=O)N1CCC[C@H]1c1ncc(-c2ccc(-c3ccc(-c4cnc(C5C6CCC(C6)[C@@H]5C(=O)NCc5cccnc5F)[nH]4)cc3)cc2)[nH]1)[C@@H](C)OC. The molecule has 2 saturated carbocycles. The van der Waals surface area contributed by atoms with Crippen LogP contribution in [0.15, 0.2) is 79.3 Å². The number of nitrogens with zero attached hydrogens (tertiary/aromatic N) is 4. The summed E-state index contributed by atoms with van der Waals surface area (Å²) in [5, 5.41) is 5.60. The lowest BCUT2D eigenvalue weighted by Crippen LogP contribution is -2.54. The van der Waals surface area contributed by atoms with Gasteiger partial charge in [0.2, 0.25) is 17.8 Å². The van der Waals surface area contributed by atoms with E-state index in [2.05, 4.69) is 67.0 Å². The molecule has 0 radical (unpaired) electrons. The Bertz CT molecular complexity index is 2220. The van der Waals surface area contributed by atoms with Crippen LogP contribution in [-0.2, 0) is 25.6 Å². The van der Waals surface area contributed by atoms with Gasteiger partial charge in [0.25, 0.3) is 0 Å². The molecule has 14 heteroatoms. The van der Waals surface area contributed by atoms with Gasteiger partial charge >= 0.3 is 6.09 Å². The molecular formula is C43H47FN8O5. The molecule has 13 nitrogen and oxygen atoms in total. The summed E-state index contributed by atoms with van der Waals surface area (Å²) in [6.07, 6.45) is 8.45. The summed E-state index contributed by atoms with van der Waals surface area (Å²) in [6, 6.07) is 18.7. The van der Waals surface area contributed by atoms with Crippen LogP contribution in [0.5, 0.6) is 0 Å². The van der Waals surface area contributed by atoms with Crippen molar-refractivity contribution < 1.29 is 28.2 Å². The van der Waals surface area contributed by atoms with Crippen molar-refractivity contribution in [1.29, 1.82) is 0 Å². The Kier molecular flexibility index (Phi) is 10.9. The Balaban J connectivity index is 0.918.